The van der Waals surface area contributed by atoms with Crippen LogP contribution < -0.4 is 5.32 Å². The summed E-state index contributed by atoms with van der Waals surface area (Å²) in [5.74, 6) is 2.50. The van der Waals surface area contributed by atoms with Crippen molar-refractivity contribution in [3.05, 3.63) is 41.3 Å². The van der Waals surface area contributed by atoms with Crippen LogP contribution in [0.2, 0.25) is 0 Å². The van der Waals surface area contributed by atoms with Crippen molar-refractivity contribution < 1.29 is 9.32 Å². The third-order valence-electron chi connectivity index (χ3n) is 4.90. The van der Waals surface area contributed by atoms with Crippen molar-refractivity contribution in [2.24, 2.45) is 0 Å². The lowest BCUT2D eigenvalue weighted by Crippen LogP contribution is -2.39. The smallest absolute Gasteiger partial charge is 0.317 e. The third-order valence-corrected chi connectivity index (χ3v) is 4.90. The molecule has 8 heteroatoms. The number of aromatic nitrogens is 4. The summed E-state index contributed by atoms with van der Waals surface area (Å²) in [6.45, 7) is 4.44. The highest BCUT2D eigenvalue weighted by Crippen LogP contribution is 2.38. The van der Waals surface area contributed by atoms with E-state index in [1.54, 1.807) is 11.9 Å². The quantitative estimate of drug-likeness (QED) is 0.696. The van der Waals surface area contributed by atoms with Crippen LogP contribution >= 0.6 is 0 Å². The fourth-order valence-electron chi connectivity index (χ4n) is 3.01. The second-order valence-corrected chi connectivity index (χ2v) is 7.26. The van der Waals surface area contributed by atoms with Crippen molar-refractivity contribution in [2.75, 3.05) is 13.6 Å². The lowest BCUT2D eigenvalue weighted by Gasteiger charge is -2.19. The molecule has 2 N–H and O–H groups in total. The Balaban J connectivity index is 1.32. The Morgan fingerprint density at radius 3 is 2.96 bits per heavy atom. The first-order valence-corrected chi connectivity index (χ1v) is 9.30. The monoisotopic (exact) mass is 368 g/mol. The predicted octanol–water partition coefficient (Wildman–Crippen LogP) is 3.08. The van der Waals surface area contributed by atoms with Crippen LogP contribution in [-0.4, -0.2) is 44.6 Å². The molecule has 1 fully saturated rings. The van der Waals surface area contributed by atoms with E-state index in [2.05, 4.69) is 25.4 Å². The number of aromatic amines is 1. The van der Waals surface area contributed by atoms with E-state index in [1.807, 2.05) is 32.0 Å². The molecule has 27 heavy (non-hydrogen) atoms. The second kappa shape index (κ2) is 7.02. The summed E-state index contributed by atoms with van der Waals surface area (Å²) in [6.07, 6.45) is 2.88. The zero-order valence-electron chi connectivity index (χ0n) is 15.8. The maximum atomic E-state index is 12.4. The summed E-state index contributed by atoms with van der Waals surface area (Å²) in [5, 5.41) is 6.89. The molecule has 1 aromatic carbocycles. The average molecular weight is 368 g/mol. The van der Waals surface area contributed by atoms with Gasteiger partial charge < -0.3 is 19.7 Å². The fraction of sp³-hybridized carbons (Fsp3) is 0.474. The lowest BCUT2D eigenvalue weighted by molar-refractivity contribution is 0.202. The van der Waals surface area contributed by atoms with E-state index < -0.39 is 0 Å². The van der Waals surface area contributed by atoms with Gasteiger partial charge in [0.1, 0.15) is 11.9 Å². The van der Waals surface area contributed by atoms with Crippen LogP contribution in [0.25, 0.3) is 11.0 Å². The molecule has 2 aromatic heterocycles. The molecule has 142 valence electrons. The van der Waals surface area contributed by atoms with Crippen LogP contribution in [0.5, 0.6) is 0 Å². The molecule has 2 amide bonds. The Bertz CT molecular complexity index is 958. The summed E-state index contributed by atoms with van der Waals surface area (Å²) in [4.78, 5) is 26.4. The van der Waals surface area contributed by atoms with E-state index in [4.69, 9.17) is 4.52 Å². The van der Waals surface area contributed by atoms with E-state index in [1.165, 1.54) is 0 Å². The topological polar surface area (TPSA) is 99.9 Å². The molecule has 0 bridgehead atoms. The van der Waals surface area contributed by atoms with Crippen LogP contribution in [0.3, 0.4) is 0 Å². The molecule has 0 unspecified atom stereocenters. The van der Waals surface area contributed by atoms with Gasteiger partial charge in [-0.15, -0.1) is 0 Å². The lowest BCUT2D eigenvalue weighted by atomic mass is 10.2. The minimum absolute atomic E-state index is 0.180. The Morgan fingerprint density at radius 1 is 1.41 bits per heavy atom. The first kappa shape index (κ1) is 17.5. The summed E-state index contributed by atoms with van der Waals surface area (Å²) in [6, 6.07) is 5.55. The Morgan fingerprint density at radius 2 is 2.22 bits per heavy atom. The number of para-hydroxylation sites is 1. The fourth-order valence-corrected chi connectivity index (χ4v) is 3.01. The molecular weight excluding hydrogens is 344 g/mol. The van der Waals surface area contributed by atoms with Gasteiger partial charge in [0.25, 0.3) is 0 Å². The molecule has 1 aliphatic carbocycles. The Kier molecular flexibility index (Phi) is 4.55. The second-order valence-electron chi connectivity index (χ2n) is 7.26. The number of nitrogens with zero attached hydrogens (tertiary/aromatic N) is 4. The number of nitrogens with one attached hydrogen (secondary N) is 2. The van der Waals surface area contributed by atoms with E-state index in [0.717, 1.165) is 41.1 Å². The number of rotatable bonds is 6. The Labute approximate surface area is 157 Å². The zero-order chi connectivity index (χ0) is 19.0. The summed E-state index contributed by atoms with van der Waals surface area (Å²) >= 11 is 0. The number of hydrogen-bond donors (Lipinski definition) is 2. The SMILES string of the molecule is Cc1cccc2[nH]c(CCN(C)C(=O)N[C@H](C)c3nc(C4CC4)no3)nc12. The largest absolute Gasteiger partial charge is 0.342 e. The molecule has 1 atom stereocenters. The summed E-state index contributed by atoms with van der Waals surface area (Å²) < 4.78 is 5.27. The van der Waals surface area contributed by atoms with Crippen LogP contribution in [-0.2, 0) is 6.42 Å². The van der Waals surface area contributed by atoms with Crippen molar-refractivity contribution in [1.82, 2.24) is 30.3 Å². The number of amides is 2. The Hall–Kier alpha value is -2.90. The highest BCUT2D eigenvalue weighted by atomic mass is 16.5. The van der Waals surface area contributed by atoms with Crippen LogP contribution in [0.15, 0.2) is 22.7 Å². The van der Waals surface area contributed by atoms with E-state index in [0.29, 0.717) is 24.8 Å². The normalized spacial score (nSPS) is 15.1. The number of aryl methyl sites for hydroxylation is 1. The molecule has 0 spiro atoms. The zero-order valence-corrected chi connectivity index (χ0v) is 15.8. The van der Waals surface area contributed by atoms with Gasteiger partial charge in [0, 0.05) is 25.9 Å². The molecule has 8 nitrogen and oxygen atoms in total. The number of carbonyl (C=O) groups is 1. The predicted molar refractivity (Wildman–Crippen MR) is 100 cm³/mol. The number of fused-ring (bicyclic) bond motifs is 1. The van der Waals surface area contributed by atoms with E-state index >= 15 is 0 Å². The van der Waals surface area contributed by atoms with Gasteiger partial charge in [-0.05, 0) is 38.3 Å². The van der Waals surface area contributed by atoms with Gasteiger partial charge in [-0.3, -0.25) is 0 Å². The van der Waals surface area contributed by atoms with Crippen LogP contribution in [0.1, 0.15) is 54.8 Å². The molecular formula is C19H24N6O2. The maximum Gasteiger partial charge on any atom is 0.317 e. The van der Waals surface area contributed by atoms with Crippen molar-refractivity contribution in [3.63, 3.8) is 0 Å². The number of hydrogen-bond acceptors (Lipinski definition) is 5. The molecule has 4 rings (SSSR count). The number of H-pyrrole nitrogens is 1. The van der Waals surface area contributed by atoms with Gasteiger partial charge >= 0.3 is 6.03 Å². The van der Waals surface area contributed by atoms with Gasteiger partial charge in [0.15, 0.2) is 5.82 Å². The number of urea groups is 1. The minimum atomic E-state index is -0.325. The number of benzene rings is 1. The molecule has 2 heterocycles. The first-order valence-electron chi connectivity index (χ1n) is 9.30. The van der Waals surface area contributed by atoms with Crippen molar-refractivity contribution in [1.29, 1.82) is 0 Å². The van der Waals surface area contributed by atoms with Gasteiger partial charge in [0.2, 0.25) is 5.89 Å². The summed E-state index contributed by atoms with van der Waals surface area (Å²) in [7, 11) is 1.76. The summed E-state index contributed by atoms with van der Waals surface area (Å²) in [5.41, 5.74) is 3.14. The number of likely N-dealkylation sites (N-methyl/N-ethyl adjacent to an activating group) is 1. The molecule has 0 saturated heterocycles. The van der Waals surface area contributed by atoms with Crippen molar-refractivity contribution >= 4 is 17.1 Å². The number of imidazole rings is 1. The van der Waals surface area contributed by atoms with Gasteiger partial charge in [-0.1, -0.05) is 17.3 Å². The average Bonchev–Trinajstić information content (AvgIpc) is 3.21. The van der Waals surface area contributed by atoms with Gasteiger partial charge in [-0.2, -0.15) is 4.98 Å². The van der Waals surface area contributed by atoms with E-state index in [-0.39, 0.29) is 12.1 Å². The number of carbonyl (C=O) groups excluding carboxylic acids is 1. The van der Waals surface area contributed by atoms with Crippen LogP contribution in [0.4, 0.5) is 4.79 Å². The van der Waals surface area contributed by atoms with Crippen molar-refractivity contribution in [3.8, 4) is 0 Å². The van der Waals surface area contributed by atoms with Crippen LogP contribution in [0, 0.1) is 6.92 Å². The van der Waals surface area contributed by atoms with E-state index in [9.17, 15) is 4.79 Å². The first-order chi connectivity index (χ1) is 13.0. The highest BCUT2D eigenvalue weighted by molar-refractivity contribution is 5.78. The highest BCUT2D eigenvalue weighted by Gasteiger charge is 2.30. The van der Waals surface area contributed by atoms with Gasteiger partial charge in [-0.25, -0.2) is 9.78 Å². The molecule has 3 aromatic rings. The standard InChI is InChI=1S/C19H24N6O2/c1-11-5-4-6-14-16(11)22-15(21-14)9-10-25(3)19(26)20-12(2)18-23-17(24-27-18)13-7-8-13/h4-6,12-13H,7-10H2,1-3H3,(H,20,26)(H,21,22)/t12-/m1/s1. The van der Waals surface area contributed by atoms with Crippen molar-refractivity contribution in [2.45, 2.75) is 45.1 Å². The molecule has 1 aliphatic rings. The minimum Gasteiger partial charge on any atom is -0.342 e. The molecule has 1 saturated carbocycles. The molecule has 0 aliphatic heterocycles. The third kappa shape index (κ3) is 3.79. The van der Waals surface area contributed by atoms with Gasteiger partial charge in [0.05, 0.1) is 11.0 Å². The maximum absolute atomic E-state index is 12.4. The molecule has 0 radical (unpaired) electrons.